The van der Waals surface area contributed by atoms with E-state index in [1.165, 1.54) is 0 Å². The van der Waals surface area contributed by atoms with Gasteiger partial charge in [0.2, 0.25) is 0 Å². The molecule has 0 aliphatic heterocycles. The van der Waals surface area contributed by atoms with Gasteiger partial charge in [-0.25, -0.2) is 0 Å². The summed E-state index contributed by atoms with van der Waals surface area (Å²) in [5.41, 5.74) is 0. The molecule has 0 aromatic heterocycles. The summed E-state index contributed by atoms with van der Waals surface area (Å²) in [6.45, 7) is 2.87. The molecule has 0 amide bonds. The van der Waals surface area contributed by atoms with Gasteiger partial charge in [-0.15, -0.1) is 0 Å². The van der Waals surface area contributed by atoms with E-state index in [1.807, 2.05) is 24.3 Å². The van der Waals surface area contributed by atoms with E-state index in [-0.39, 0.29) is 5.75 Å². The molecule has 2 aromatic carbocycles. The van der Waals surface area contributed by atoms with Gasteiger partial charge in [-0.05, 0) is 41.5 Å². The van der Waals surface area contributed by atoms with Gasteiger partial charge >= 0.3 is 0 Å². The molecule has 1 radical (unpaired) electrons. The van der Waals surface area contributed by atoms with E-state index >= 15 is 0 Å². The van der Waals surface area contributed by atoms with E-state index in [0.717, 1.165) is 36.0 Å². The minimum absolute atomic E-state index is 0.0400. The van der Waals surface area contributed by atoms with Crippen molar-refractivity contribution in [3.8, 4) is 11.5 Å². The van der Waals surface area contributed by atoms with Crippen LogP contribution >= 0.6 is 0 Å². The zero-order valence-corrected chi connectivity index (χ0v) is 9.40. The minimum atomic E-state index is 0.0400. The first kappa shape index (κ1) is 10.8. The summed E-state index contributed by atoms with van der Waals surface area (Å²) in [6, 6.07) is 10.9. The first-order valence-electron chi connectivity index (χ1n) is 5.63. The Kier molecular flexibility index (Phi) is 3.30. The maximum atomic E-state index is 11.2. The molecular formula is C14H15O2. The Morgan fingerprint density at radius 1 is 1.06 bits per heavy atom. The largest absolute Gasteiger partial charge is 0.494 e. The molecule has 0 aliphatic rings. The van der Waals surface area contributed by atoms with Gasteiger partial charge in [-0.2, -0.15) is 0 Å². The molecule has 0 saturated carbocycles. The van der Waals surface area contributed by atoms with Gasteiger partial charge in [-0.1, -0.05) is 25.5 Å². The monoisotopic (exact) mass is 215 g/mol. The molecule has 2 nitrogen and oxygen atoms in total. The van der Waals surface area contributed by atoms with E-state index in [0.29, 0.717) is 0 Å². The highest BCUT2D eigenvalue weighted by atomic mass is 16.5. The number of unbranched alkanes of at least 4 members (excludes halogenated alkanes) is 1. The smallest absolute Gasteiger partial charge is 0.179 e. The van der Waals surface area contributed by atoms with Crippen LogP contribution in [0.2, 0.25) is 0 Å². The molecule has 0 fully saturated rings. The number of rotatable bonds is 4. The normalized spacial score (nSPS) is 10.6. The van der Waals surface area contributed by atoms with Gasteiger partial charge in [0.25, 0.3) is 0 Å². The van der Waals surface area contributed by atoms with Crippen LogP contribution in [0.15, 0.2) is 36.4 Å². The Labute approximate surface area is 95.5 Å². The molecule has 0 spiro atoms. The summed E-state index contributed by atoms with van der Waals surface area (Å²) in [5, 5.41) is 13.2. The predicted octanol–water partition coefficient (Wildman–Crippen LogP) is 4.16. The Balaban J connectivity index is 2.21. The Morgan fingerprint density at radius 2 is 1.88 bits per heavy atom. The molecule has 16 heavy (non-hydrogen) atoms. The van der Waals surface area contributed by atoms with E-state index in [9.17, 15) is 5.11 Å². The van der Waals surface area contributed by atoms with E-state index in [1.54, 1.807) is 12.1 Å². The van der Waals surface area contributed by atoms with Crippen LogP contribution in [0.5, 0.6) is 11.5 Å². The summed E-state index contributed by atoms with van der Waals surface area (Å²) in [5.74, 6) is 0.879. The van der Waals surface area contributed by atoms with Crippen LogP contribution in [0.4, 0.5) is 0 Å². The van der Waals surface area contributed by atoms with Crippen LogP contribution in [0.3, 0.4) is 0 Å². The van der Waals surface area contributed by atoms with Crippen molar-refractivity contribution >= 4 is 10.8 Å². The van der Waals surface area contributed by atoms with Gasteiger partial charge in [0.05, 0.1) is 6.61 Å². The van der Waals surface area contributed by atoms with Crippen molar-refractivity contribution < 1.29 is 9.84 Å². The number of benzene rings is 2. The van der Waals surface area contributed by atoms with Crippen LogP contribution in [-0.4, -0.2) is 6.61 Å². The Bertz CT molecular complexity index is 477. The summed E-state index contributed by atoms with van der Waals surface area (Å²) < 4.78 is 5.59. The van der Waals surface area contributed by atoms with E-state index < -0.39 is 0 Å². The van der Waals surface area contributed by atoms with Gasteiger partial charge in [0.1, 0.15) is 5.75 Å². The summed E-state index contributed by atoms with van der Waals surface area (Å²) in [7, 11) is 0. The van der Waals surface area contributed by atoms with Crippen molar-refractivity contribution in [1.82, 2.24) is 0 Å². The average Bonchev–Trinajstić information content (AvgIpc) is 2.29. The maximum absolute atomic E-state index is 11.2. The predicted molar refractivity (Wildman–Crippen MR) is 64.5 cm³/mol. The first-order chi connectivity index (χ1) is 7.79. The Morgan fingerprint density at radius 3 is 2.69 bits per heavy atom. The molecule has 2 heteroatoms. The number of hydrogen-bond donors (Lipinski definition) is 0. The average molecular weight is 215 g/mol. The van der Waals surface area contributed by atoms with E-state index in [2.05, 4.69) is 6.92 Å². The molecule has 0 saturated heterocycles. The van der Waals surface area contributed by atoms with Crippen LogP contribution in [0.25, 0.3) is 10.8 Å². The first-order valence-corrected chi connectivity index (χ1v) is 5.63. The third-order valence-corrected chi connectivity index (χ3v) is 2.55. The number of hydrogen-bond acceptors (Lipinski definition) is 1. The van der Waals surface area contributed by atoms with Crippen LogP contribution in [0.1, 0.15) is 19.8 Å². The third kappa shape index (κ3) is 2.45. The summed E-state index contributed by atoms with van der Waals surface area (Å²) in [4.78, 5) is 0. The van der Waals surface area contributed by atoms with Crippen molar-refractivity contribution in [1.29, 1.82) is 0 Å². The second kappa shape index (κ2) is 4.88. The lowest BCUT2D eigenvalue weighted by molar-refractivity contribution is 0.310. The Hall–Kier alpha value is -1.70. The highest BCUT2D eigenvalue weighted by Gasteiger charge is 1.99. The molecular weight excluding hydrogens is 200 g/mol. The summed E-state index contributed by atoms with van der Waals surface area (Å²) in [6.07, 6.45) is 2.18. The summed E-state index contributed by atoms with van der Waals surface area (Å²) >= 11 is 0. The van der Waals surface area contributed by atoms with E-state index in [4.69, 9.17) is 4.74 Å². The van der Waals surface area contributed by atoms with Crippen molar-refractivity contribution in [2.75, 3.05) is 6.61 Å². The van der Waals surface area contributed by atoms with Crippen LogP contribution in [0, 0.1) is 0 Å². The molecule has 2 aromatic rings. The van der Waals surface area contributed by atoms with Gasteiger partial charge < -0.3 is 4.74 Å². The molecule has 0 atom stereocenters. The number of fused-ring (bicyclic) bond motifs is 1. The third-order valence-electron chi connectivity index (χ3n) is 2.55. The van der Waals surface area contributed by atoms with Crippen molar-refractivity contribution in [3.63, 3.8) is 0 Å². The fourth-order valence-corrected chi connectivity index (χ4v) is 1.63. The van der Waals surface area contributed by atoms with Gasteiger partial charge in [-0.3, -0.25) is 5.11 Å². The lowest BCUT2D eigenvalue weighted by atomic mass is 10.1. The van der Waals surface area contributed by atoms with Crippen LogP contribution < -0.4 is 4.74 Å². The molecule has 83 valence electrons. The standard InChI is InChI=1S/C14H15O2/c1-2-3-8-16-14-7-5-11-4-6-13(15)9-12(11)10-14/h4-7,9-10H,2-3,8H2,1H3. The quantitative estimate of drug-likeness (QED) is 0.704. The minimum Gasteiger partial charge on any atom is -0.494 e. The lowest BCUT2D eigenvalue weighted by Gasteiger charge is -2.06. The zero-order valence-electron chi connectivity index (χ0n) is 9.40. The lowest BCUT2D eigenvalue weighted by Crippen LogP contribution is -1.95. The molecule has 0 N–H and O–H groups in total. The fraction of sp³-hybridized carbons (Fsp3) is 0.286. The molecule has 0 aliphatic carbocycles. The number of ether oxygens (including phenoxy) is 1. The van der Waals surface area contributed by atoms with Crippen LogP contribution in [-0.2, 0) is 5.11 Å². The molecule has 0 bridgehead atoms. The van der Waals surface area contributed by atoms with Gasteiger partial charge in [0.15, 0.2) is 5.75 Å². The molecule has 0 unspecified atom stereocenters. The molecule has 2 rings (SSSR count). The van der Waals surface area contributed by atoms with Crippen molar-refractivity contribution in [3.05, 3.63) is 36.4 Å². The topological polar surface area (TPSA) is 29.1 Å². The molecule has 0 heterocycles. The van der Waals surface area contributed by atoms with Crippen molar-refractivity contribution in [2.45, 2.75) is 19.8 Å². The van der Waals surface area contributed by atoms with Crippen molar-refractivity contribution in [2.24, 2.45) is 0 Å². The maximum Gasteiger partial charge on any atom is 0.179 e. The zero-order chi connectivity index (χ0) is 11.4. The SMILES string of the molecule is CCCCOc1ccc2ccc([O])cc2c1. The fourth-order valence-electron chi connectivity index (χ4n) is 1.63. The second-order valence-electron chi connectivity index (χ2n) is 3.87. The highest BCUT2D eigenvalue weighted by Crippen LogP contribution is 2.24. The highest BCUT2D eigenvalue weighted by molar-refractivity contribution is 5.85. The van der Waals surface area contributed by atoms with Gasteiger partial charge in [0, 0.05) is 0 Å². The second-order valence-corrected chi connectivity index (χ2v) is 3.87.